The van der Waals surface area contributed by atoms with Crippen molar-refractivity contribution in [1.82, 2.24) is 10.3 Å². The number of anilines is 1. The quantitative estimate of drug-likeness (QED) is 0.550. The monoisotopic (exact) mass is 442 g/mol. The van der Waals surface area contributed by atoms with Gasteiger partial charge in [-0.15, -0.1) is 0 Å². The van der Waals surface area contributed by atoms with Gasteiger partial charge in [-0.3, -0.25) is 9.79 Å². The Morgan fingerprint density at radius 1 is 1.09 bits per heavy atom. The number of carbonyl (C=O) groups excluding carboxylic acids is 1. The molecule has 33 heavy (non-hydrogen) atoms. The first kappa shape index (κ1) is 22.7. The largest absolute Gasteiger partial charge is 0.491 e. The van der Waals surface area contributed by atoms with Crippen LogP contribution >= 0.6 is 0 Å². The van der Waals surface area contributed by atoms with E-state index in [1.165, 1.54) is 5.57 Å². The van der Waals surface area contributed by atoms with E-state index in [1.807, 2.05) is 33.0 Å². The summed E-state index contributed by atoms with van der Waals surface area (Å²) in [7, 11) is 0. The van der Waals surface area contributed by atoms with E-state index in [-0.39, 0.29) is 12.0 Å². The first-order valence-corrected chi connectivity index (χ1v) is 11.4. The summed E-state index contributed by atoms with van der Waals surface area (Å²) in [4.78, 5) is 21.7. The van der Waals surface area contributed by atoms with Crippen LogP contribution in [0, 0.1) is 0 Å². The number of aromatic nitrogens is 1. The number of nitrogens with one attached hydrogen (secondary N) is 2. The Hall–Kier alpha value is -3.51. The SMILES string of the molecule is C/C1=N\C=C(\c2ccc3cnc(NC(=O)c4ccc(OC(C)C)cc4)cc3c2)CCCNC1. The second kappa shape index (κ2) is 10.4. The molecule has 0 saturated heterocycles. The molecule has 1 aromatic heterocycles. The summed E-state index contributed by atoms with van der Waals surface area (Å²) in [5.74, 6) is 1.06. The van der Waals surface area contributed by atoms with E-state index in [0.29, 0.717) is 11.4 Å². The van der Waals surface area contributed by atoms with Gasteiger partial charge >= 0.3 is 0 Å². The Labute approximate surface area is 194 Å². The smallest absolute Gasteiger partial charge is 0.256 e. The van der Waals surface area contributed by atoms with Crippen LogP contribution in [-0.2, 0) is 0 Å². The Morgan fingerprint density at radius 3 is 2.70 bits per heavy atom. The highest BCUT2D eigenvalue weighted by atomic mass is 16.5. The lowest BCUT2D eigenvalue weighted by atomic mass is 9.99. The summed E-state index contributed by atoms with van der Waals surface area (Å²) in [6, 6.07) is 15.4. The third-order valence-corrected chi connectivity index (χ3v) is 5.44. The van der Waals surface area contributed by atoms with Crippen molar-refractivity contribution in [2.24, 2.45) is 4.99 Å². The van der Waals surface area contributed by atoms with Crippen molar-refractivity contribution < 1.29 is 9.53 Å². The number of nitrogens with zero attached hydrogens (tertiary/aromatic N) is 2. The molecule has 6 nitrogen and oxygen atoms in total. The minimum Gasteiger partial charge on any atom is -0.491 e. The van der Waals surface area contributed by atoms with Gasteiger partial charge < -0.3 is 15.4 Å². The van der Waals surface area contributed by atoms with Crippen LogP contribution in [0.25, 0.3) is 16.3 Å². The van der Waals surface area contributed by atoms with Gasteiger partial charge in [-0.25, -0.2) is 4.98 Å². The van der Waals surface area contributed by atoms with Crippen molar-refractivity contribution in [3.05, 3.63) is 72.1 Å². The lowest BCUT2D eigenvalue weighted by Gasteiger charge is -2.11. The van der Waals surface area contributed by atoms with Gasteiger partial charge in [0.15, 0.2) is 0 Å². The van der Waals surface area contributed by atoms with Crippen LogP contribution in [0.1, 0.15) is 49.5 Å². The van der Waals surface area contributed by atoms with Crippen molar-refractivity contribution in [1.29, 1.82) is 0 Å². The molecule has 0 spiro atoms. The lowest BCUT2D eigenvalue weighted by Crippen LogP contribution is -2.21. The molecule has 1 aliphatic heterocycles. The molecule has 6 heteroatoms. The number of benzene rings is 2. The third-order valence-electron chi connectivity index (χ3n) is 5.44. The minimum atomic E-state index is -0.203. The number of carbonyl (C=O) groups is 1. The number of hydrogen-bond donors (Lipinski definition) is 2. The van der Waals surface area contributed by atoms with Crippen molar-refractivity contribution in [3.8, 4) is 5.75 Å². The molecule has 2 N–H and O–H groups in total. The van der Waals surface area contributed by atoms with Gasteiger partial charge in [0.2, 0.25) is 0 Å². The second-order valence-corrected chi connectivity index (χ2v) is 8.58. The molecule has 4 rings (SSSR count). The number of ether oxygens (including phenoxy) is 1. The minimum absolute atomic E-state index is 0.0894. The molecule has 170 valence electrons. The predicted molar refractivity (Wildman–Crippen MR) is 135 cm³/mol. The summed E-state index contributed by atoms with van der Waals surface area (Å²) in [6.45, 7) is 7.78. The van der Waals surface area contributed by atoms with Crippen LogP contribution in [0.15, 0.2) is 65.9 Å². The Morgan fingerprint density at radius 2 is 1.91 bits per heavy atom. The maximum atomic E-state index is 12.7. The zero-order chi connectivity index (χ0) is 23.2. The molecule has 3 aromatic rings. The molecular weight excluding hydrogens is 412 g/mol. The first-order chi connectivity index (χ1) is 16.0. The average Bonchev–Trinajstić information content (AvgIpc) is 2.90. The number of allylic oxidation sites excluding steroid dienone is 1. The zero-order valence-corrected chi connectivity index (χ0v) is 19.4. The third kappa shape index (κ3) is 6.05. The first-order valence-electron chi connectivity index (χ1n) is 11.4. The normalized spacial score (nSPS) is 17.8. The van der Waals surface area contributed by atoms with E-state index < -0.39 is 0 Å². The number of hydrogen-bond acceptors (Lipinski definition) is 5. The Balaban J connectivity index is 1.54. The molecule has 2 heterocycles. The highest BCUT2D eigenvalue weighted by Gasteiger charge is 2.10. The highest BCUT2D eigenvalue weighted by molar-refractivity contribution is 6.04. The van der Waals surface area contributed by atoms with E-state index >= 15 is 0 Å². The van der Waals surface area contributed by atoms with E-state index in [0.717, 1.165) is 53.7 Å². The maximum Gasteiger partial charge on any atom is 0.256 e. The fourth-order valence-electron chi connectivity index (χ4n) is 3.74. The summed E-state index contributed by atoms with van der Waals surface area (Å²) in [5.41, 5.74) is 3.99. The molecule has 2 aromatic carbocycles. The number of fused-ring (bicyclic) bond motifs is 1. The van der Waals surface area contributed by atoms with Gasteiger partial charge in [0, 0.05) is 35.6 Å². The molecule has 0 bridgehead atoms. The van der Waals surface area contributed by atoms with Gasteiger partial charge in [-0.2, -0.15) is 0 Å². The topological polar surface area (TPSA) is 75.6 Å². The van der Waals surface area contributed by atoms with Gasteiger partial charge in [0.05, 0.1) is 6.10 Å². The van der Waals surface area contributed by atoms with Crippen LogP contribution in [-0.4, -0.2) is 35.8 Å². The fraction of sp³-hybridized carbons (Fsp3) is 0.296. The predicted octanol–water partition coefficient (Wildman–Crippen LogP) is 5.46. The van der Waals surface area contributed by atoms with Crippen LogP contribution in [0.2, 0.25) is 0 Å². The van der Waals surface area contributed by atoms with E-state index in [1.54, 1.807) is 30.5 Å². The summed E-state index contributed by atoms with van der Waals surface area (Å²) in [6.07, 6.45) is 5.88. The average molecular weight is 443 g/mol. The second-order valence-electron chi connectivity index (χ2n) is 8.58. The number of aliphatic imine (C=N–C) groups is 1. The van der Waals surface area contributed by atoms with Crippen LogP contribution in [0.3, 0.4) is 0 Å². The lowest BCUT2D eigenvalue weighted by molar-refractivity contribution is 0.102. The van der Waals surface area contributed by atoms with Crippen molar-refractivity contribution in [2.45, 2.75) is 39.7 Å². The van der Waals surface area contributed by atoms with Crippen molar-refractivity contribution in [3.63, 3.8) is 0 Å². The number of pyridine rings is 1. The van der Waals surface area contributed by atoms with Crippen molar-refractivity contribution in [2.75, 3.05) is 18.4 Å². The molecule has 0 atom stereocenters. The standard InChI is InChI=1S/C27H30N4O2/c1-18(2)33-25-10-8-20(9-11-25)27(32)31-26-14-24-13-21(6-7-23(24)17-30-26)22-5-4-12-28-15-19(3)29-16-22/h6-11,13-14,16-18,28H,4-5,12,15H2,1-3H3,(H,30,31,32)/b22-16+,29-19+. The highest BCUT2D eigenvalue weighted by Crippen LogP contribution is 2.26. The number of amides is 1. The fourth-order valence-corrected chi connectivity index (χ4v) is 3.74. The molecule has 0 saturated carbocycles. The molecule has 0 radical (unpaired) electrons. The van der Waals surface area contributed by atoms with E-state index in [9.17, 15) is 4.79 Å². The molecule has 0 fully saturated rings. The van der Waals surface area contributed by atoms with Crippen LogP contribution in [0.4, 0.5) is 5.82 Å². The Kier molecular flexibility index (Phi) is 7.15. The van der Waals surface area contributed by atoms with Gasteiger partial charge in [-0.05, 0) is 93.1 Å². The molecule has 0 unspecified atom stereocenters. The van der Waals surface area contributed by atoms with Crippen LogP contribution in [0.5, 0.6) is 5.75 Å². The van der Waals surface area contributed by atoms with E-state index in [2.05, 4.69) is 38.8 Å². The maximum absolute atomic E-state index is 12.7. The molecule has 1 amide bonds. The van der Waals surface area contributed by atoms with Crippen molar-refractivity contribution >= 4 is 33.8 Å². The van der Waals surface area contributed by atoms with Gasteiger partial charge in [-0.1, -0.05) is 12.1 Å². The van der Waals surface area contributed by atoms with Gasteiger partial charge in [0.1, 0.15) is 11.6 Å². The molecule has 0 aliphatic carbocycles. The van der Waals surface area contributed by atoms with Gasteiger partial charge in [0.25, 0.3) is 5.91 Å². The Bertz CT molecular complexity index is 1200. The summed E-state index contributed by atoms with van der Waals surface area (Å²) < 4.78 is 5.64. The summed E-state index contributed by atoms with van der Waals surface area (Å²) >= 11 is 0. The number of rotatable bonds is 5. The summed E-state index contributed by atoms with van der Waals surface area (Å²) in [5, 5.41) is 8.37. The molecular formula is C27H30N4O2. The van der Waals surface area contributed by atoms with Crippen LogP contribution < -0.4 is 15.4 Å². The zero-order valence-electron chi connectivity index (χ0n) is 19.4. The van der Waals surface area contributed by atoms with E-state index in [4.69, 9.17) is 4.74 Å². The molecule has 1 aliphatic rings.